The Labute approximate surface area is 140 Å². The molecule has 0 aromatic heterocycles. The van der Waals surface area contributed by atoms with Crippen LogP contribution >= 0.6 is 0 Å². The Morgan fingerprint density at radius 3 is 2.29 bits per heavy atom. The Morgan fingerprint density at radius 1 is 1.21 bits per heavy atom. The third-order valence-corrected chi connectivity index (χ3v) is 3.03. The highest BCUT2D eigenvalue weighted by Gasteiger charge is 2.15. The van der Waals surface area contributed by atoms with Gasteiger partial charge in [-0.05, 0) is 32.9 Å². The molecule has 126 valence electrons. The molecule has 0 heterocycles. The van der Waals surface area contributed by atoms with E-state index in [4.69, 9.17) is 15.7 Å². The molecule has 7 heteroatoms. The predicted molar refractivity (Wildman–Crippen MR) is 86.7 cm³/mol. The minimum Gasteiger partial charge on any atom is -0.456 e. The Balaban J connectivity index is 2.52. The average molecular weight is 329 g/mol. The third kappa shape index (κ3) is 5.57. The Morgan fingerprint density at radius 2 is 1.79 bits per heavy atom. The monoisotopic (exact) mass is 329 g/mol. The lowest BCUT2D eigenvalue weighted by molar-refractivity contribution is -0.145. The second-order valence-electron chi connectivity index (χ2n) is 5.31. The molecule has 1 aromatic carbocycles. The molecule has 3 N–H and O–H groups in total. The summed E-state index contributed by atoms with van der Waals surface area (Å²) in [6.07, 6.45) is 0. The van der Waals surface area contributed by atoms with Crippen LogP contribution in [0.2, 0.25) is 0 Å². The van der Waals surface area contributed by atoms with Gasteiger partial charge < -0.3 is 15.8 Å². The maximum absolute atomic E-state index is 12.0. The van der Waals surface area contributed by atoms with E-state index >= 15 is 0 Å². The van der Waals surface area contributed by atoms with Crippen LogP contribution in [0, 0.1) is 25.2 Å². The number of ketones is 1. The molecule has 0 atom stereocenters. The van der Waals surface area contributed by atoms with Crippen molar-refractivity contribution in [2.45, 2.75) is 20.8 Å². The van der Waals surface area contributed by atoms with E-state index in [0.717, 1.165) is 11.1 Å². The molecule has 0 aliphatic carbocycles. The van der Waals surface area contributed by atoms with Crippen molar-refractivity contribution in [2.75, 3.05) is 13.2 Å². The number of hydrogen-bond donors (Lipinski definition) is 2. The number of carbonyl (C=O) groups is 3. The number of benzene rings is 1. The molecule has 0 saturated heterocycles. The van der Waals surface area contributed by atoms with Gasteiger partial charge in [-0.1, -0.05) is 17.2 Å². The second kappa shape index (κ2) is 8.48. The van der Waals surface area contributed by atoms with Gasteiger partial charge in [0, 0.05) is 11.3 Å². The topological polar surface area (TPSA) is 122 Å². The molecule has 0 unspecified atom stereocenters. The molecule has 24 heavy (non-hydrogen) atoms. The summed E-state index contributed by atoms with van der Waals surface area (Å²) in [6.45, 7) is 4.15. The highest BCUT2D eigenvalue weighted by molar-refractivity contribution is 6.01. The van der Waals surface area contributed by atoms with Crippen molar-refractivity contribution in [2.24, 2.45) is 5.73 Å². The van der Waals surface area contributed by atoms with Gasteiger partial charge in [-0.3, -0.25) is 14.4 Å². The average Bonchev–Trinajstić information content (AvgIpc) is 2.49. The number of ether oxygens (including phenoxy) is 1. The number of Topliss-reactive ketones (excluding diaryl/α,β-unsaturated/α-hetero) is 1. The molecule has 0 bridgehead atoms. The van der Waals surface area contributed by atoms with Crippen molar-refractivity contribution in [1.82, 2.24) is 5.32 Å². The first kappa shape index (κ1) is 18.9. The zero-order chi connectivity index (χ0) is 18.3. The maximum atomic E-state index is 12.0. The minimum atomic E-state index is -0.784. The van der Waals surface area contributed by atoms with E-state index in [2.05, 4.69) is 5.32 Å². The molecule has 0 aliphatic heterocycles. The summed E-state index contributed by atoms with van der Waals surface area (Å²) in [4.78, 5) is 35.2. The number of nitrogens with one attached hydrogen (secondary N) is 1. The van der Waals surface area contributed by atoms with E-state index in [1.54, 1.807) is 18.2 Å². The standard InChI is InChI=1S/C17H19N3O4/c1-10-4-11(2)6-13(5-10)17(23)20-8-16(22)24-9-15(21)14(7-18)12(3)19/h4-6H,8-9,19H2,1-3H3,(H,20,23)/b14-12-. The number of nitrogens with two attached hydrogens (primary N) is 1. The summed E-state index contributed by atoms with van der Waals surface area (Å²) in [6, 6.07) is 6.98. The van der Waals surface area contributed by atoms with E-state index in [9.17, 15) is 14.4 Å². The Bertz CT molecular complexity index is 720. The van der Waals surface area contributed by atoms with Crippen LogP contribution in [-0.2, 0) is 14.3 Å². The number of hydrogen-bond acceptors (Lipinski definition) is 6. The highest BCUT2D eigenvalue weighted by atomic mass is 16.5. The summed E-state index contributed by atoms with van der Waals surface area (Å²) in [5, 5.41) is 11.2. The lowest BCUT2D eigenvalue weighted by atomic mass is 10.1. The molecule has 1 aromatic rings. The summed E-state index contributed by atoms with van der Waals surface area (Å²) in [5.41, 5.74) is 7.49. The molecule has 0 fully saturated rings. The lowest BCUT2D eigenvalue weighted by Crippen LogP contribution is -2.31. The summed E-state index contributed by atoms with van der Waals surface area (Å²) in [7, 11) is 0. The fourth-order valence-corrected chi connectivity index (χ4v) is 2.00. The fourth-order valence-electron chi connectivity index (χ4n) is 2.00. The number of esters is 1. The number of rotatable bonds is 6. The molecule has 1 rings (SSSR count). The van der Waals surface area contributed by atoms with Gasteiger partial charge in [-0.2, -0.15) is 5.26 Å². The zero-order valence-electron chi connectivity index (χ0n) is 13.8. The smallest absolute Gasteiger partial charge is 0.325 e. The third-order valence-electron chi connectivity index (χ3n) is 3.03. The number of nitriles is 1. The molecule has 0 radical (unpaired) electrons. The molecule has 0 spiro atoms. The van der Waals surface area contributed by atoms with Crippen molar-refractivity contribution in [1.29, 1.82) is 5.26 Å². The summed E-state index contributed by atoms with van der Waals surface area (Å²) in [5.74, 6) is -1.89. The van der Waals surface area contributed by atoms with Crippen LogP contribution in [0.15, 0.2) is 29.5 Å². The van der Waals surface area contributed by atoms with E-state index in [1.165, 1.54) is 6.92 Å². The SMILES string of the molecule is C/C(N)=C(\C#N)C(=O)COC(=O)CNC(=O)c1cc(C)cc(C)c1. The number of carbonyl (C=O) groups excluding carboxylic acids is 3. The van der Waals surface area contributed by atoms with Gasteiger partial charge in [0.25, 0.3) is 5.91 Å². The quantitative estimate of drug-likeness (QED) is 0.454. The first-order valence-electron chi connectivity index (χ1n) is 7.16. The van der Waals surface area contributed by atoms with Crippen LogP contribution < -0.4 is 11.1 Å². The minimum absolute atomic E-state index is 0.0571. The van der Waals surface area contributed by atoms with Crippen LogP contribution in [0.3, 0.4) is 0 Å². The molecule has 0 aliphatic rings. The fraction of sp³-hybridized carbons (Fsp3) is 0.294. The van der Waals surface area contributed by atoms with Crippen LogP contribution in [0.25, 0.3) is 0 Å². The highest BCUT2D eigenvalue weighted by Crippen LogP contribution is 2.08. The Hall–Kier alpha value is -3.14. The summed E-state index contributed by atoms with van der Waals surface area (Å²) < 4.78 is 4.73. The molecule has 7 nitrogen and oxygen atoms in total. The van der Waals surface area contributed by atoms with Gasteiger partial charge in [0.05, 0.1) is 0 Å². The van der Waals surface area contributed by atoms with Crippen molar-refractivity contribution in [3.8, 4) is 6.07 Å². The van der Waals surface area contributed by atoms with E-state index in [1.807, 2.05) is 19.9 Å². The lowest BCUT2D eigenvalue weighted by Gasteiger charge is -2.07. The van der Waals surface area contributed by atoms with Crippen LogP contribution in [-0.4, -0.2) is 30.8 Å². The Kier molecular flexibility index (Phi) is 6.68. The zero-order valence-corrected chi connectivity index (χ0v) is 13.8. The number of aryl methyl sites for hydroxylation is 2. The van der Waals surface area contributed by atoms with Crippen LogP contribution in [0.1, 0.15) is 28.4 Å². The van der Waals surface area contributed by atoms with Gasteiger partial charge in [0.2, 0.25) is 5.78 Å². The van der Waals surface area contributed by atoms with Crippen LogP contribution in [0.5, 0.6) is 0 Å². The van der Waals surface area contributed by atoms with Crippen LogP contribution in [0.4, 0.5) is 0 Å². The molecular weight excluding hydrogens is 310 g/mol. The van der Waals surface area contributed by atoms with Crippen molar-refractivity contribution < 1.29 is 19.1 Å². The van der Waals surface area contributed by atoms with Gasteiger partial charge >= 0.3 is 5.97 Å². The van der Waals surface area contributed by atoms with Crippen molar-refractivity contribution in [3.63, 3.8) is 0 Å². The van der Waals surface area contributed by atoms with Crippen molar-refractivity contribution >= 4 is 17.7 Å². The van der Waals surface area contributed by atoms with Gasteiger partial charge in [-0.15, -0.1) is 0 Å². The van der Waals surface area contributed by atoms with Gasteiger partial charge in [0.1, 0.15) is 18.2 Å². The largest absolute Gasteiger partial charge is 0.456 e. The first-order chi connectivity index (χ1) is 11.2. The summed E-state index contributed by atoms with van der Waals surface area (Å²) >= 11 is 0. The first-order valence-corrected chi connectivity index (χ1v) is 7.16. The number of allylic oxidation sites excluding steroid dienone is 1. The second-order valence-corrected chi connectivity index (χ2v) is 5.31. The number of amides is 1. The predicted octanol–water partition coefficient (Wildman–Crippen LogP) is 0.902. The van der Waals surface area contributed by atoms with Gasteiger partial charge in [0.15, 0.2) is 6.61 Å². The van der Waals surface area contributed by atoms with E-state index in [0.29, 0.717) is 5.56 Å². The molecule has 1 amide bonds. The van der Waals surface area contributed by atoms with Crippen molar-refractivity contribution in [3.05, 3.63) is 46.2 Å². The number of nitrogens with zero attached hydrogens (tertiary/aromatic N) is 1. The van der Waals surface area contributed by atoms with E-state index in [-0.39, 0.29) is 17.8 Å². The molecule has 0 saturated carbocycles. The normalized spacial score (nSPS) is 11.1. The van der Waals surface area contributed by atoms with E-state index < -0.39 is 24.3 Å². The molecular formula is C17H19N3O4. The van der Waals surface area contributed by atoms with Gasteiger partial charge in [-0.25, -0.2) is 0 Å². The maximum Gasteiger partial charge on any atom is 0.325 e.